The maximum absolute atomic E-state index is 5.65. The second-order valence-corrected chi connectivity index (χ2v) is 3.84. The summed E-state index contributed by atoms with van der Waals surface area (Å²) in [7, 11) is 0. The number of aryl methyl sites for hydroxylation is 1. The van der Waals surface area contributed by atoms with E-state index in [1.165, 1.54) is 5.56 Å². The van der Waals surface area contributed by atoms with Gasteiger partial charge in [-0.3, -0.25) is 0 Å². The number of ether oxygens (including phenoxy) is 1. The van der Waals surface area contributed by atoms with Gasteiger partial charge in [-0.15, -0.1) is 0 Å². The molecule has 0 radical (unpaired) electrons. The predicted molar refractivity (Wildman–Crippen MR) is 77.7 cm³/mol. The molecule has 18 heavy (non-hydrogen) atoms. The average molecular weight is 243 g/mol. The van der Waals surface area contributed by atoms with Gasteiger partial charge in [0.2, 0.25) is 0 Å². The SMILES string of the molecule is CC.Cc1ccc(OCc2ccc(N)cc2)cc1. The summed E-state index contributed by atoms with van der Waals surface area (Å²) < 4.78 is 5.65. The van der Waals surface area contributed by atoms with E-state index in [9.17, 15) is 0 Å². The van der Waals surface area contributed by atoms with Crippen molar-refractivity contribution in [2.75, 3.05) is 5.73 Å². The van der Waals surface area contributed by atoms with E-state index >= 15 is 0 Å². The van der Waals surface area contributed by atoms with Gasteiger partial charge in [-0.05, 0) is 36.8 Å². The van der Waals surface area contributed by atoms with Crippen molar-refractivity contribution in [1.29, 1.82) is 0 Å². The van der Waals surface area contributed by atoms with Crippen LogP contribution in [0.15, 0.2) is 48.5 Å². The third kappa shape index (κ3) is 4.50. The Hall–Kier alpha value is -1.96. The van der Waals surface area contributed by atoms with E-state index in [0.29, 0.717) is 6.61 Å². The van der Waals surface area contributed by atoms with Crippen LogP contribution in [0.4, 0.5) is 5.69 Å². The average Bonchev–Trinajstić information content (AvgIpc) is 2.42. The minimum Gasteiger partial charge on any atom is -0.489 e. The molecule has 2 rings (SSSR count). The molecule has 0 spiro atoms. The van der Waals surface area contributed by atoms with E-state index in [4.69, 9.17) is 10.5 Å². The fourth-order valence-electron chi connectivity index (χ4n) is 1.42. The summed E-state index contributed by atoms with van der Waals surface area (Å²) in [6.45, 7) is 6.63. The number of rotatable bonds is 3. The molecule has 0 aliphatic heterocycles. The first-order valence-electron chi connectivity index (χ1n) is 6.28. The molecule has 0 saturated carbocycles. The highest BCUT2D eigenvalue weighted by Crippen LogP contribution is 2.14. The Morgan fingerprint density at radius 2 is 1.44 bits per heavy atom. The molecule has 0 heterocycles. The topological polar surface area (TPSA) is 35.2 Å². The lowest BCUT2D eigenvalue weighted by Gasteiger charge is -2.06. The zero-order valence-electron chi connectivity index (χ0n) is 11.3. The predicted octanol–water partition coefficient (Wildman–Crippen LogP) is 4.18. The van der Waals surface area contributed by atoms with Crippen molar-refractivity contribution in [3.63, 3.8) is 0 Å². The van der Waals surface area contributed by atoms with Crippen molar-refractivity contribution < 1.29 is 4.74 Å². The molecule has 0 aromatic heterocycles. The summed E-state index contributed by atoms with van der Waals surface area (Å²) >= 11 is 0. The van der Waals surface area contributed by atoms with Crippen LogP contribution in [-0.4, -0.2) is 0 Å². The molecular weight excluding hydrogens is 222 g/mol. The summed E-state index contributed by atoms with van der Waals surface area (Å²) in [5.41, 5.74) is 8.74. The molecule has 96 valence electrons. The molecule has 2 nitrogen and oxygen atoms in total. The maximum Gasteiger partial charge on any atom is 0.119 e. The Labute approximate surface area is 109 Å². The first kappa shape index (κ1) is 14.1. The second-order valence-electron chi connectivity index (χ2n) is 3.84. The molecule has 0 aliphatic rings. The normalized spacial score (nSPS) is 9.28. The molecule has 2 aromatic rings. The van der Waals surface area contributed by atoms with E-state index in [2.05, 4.69) is 6.92 Å². The maximum atomic E-state index is 5.65. The minimum atomic E-state index is 0.573. The molecule has 2 N–H and O–H groups in total. The van der Waals surface area contributed by atoms with Gasteiger partial charge in [0.1, 0.15) is 12.4 Å². The second kappa shape index (κ2) is 7.38. The zero-order valence-corrected chi connectivity index (χ0v) is 11.3. The highest BCUT2D eigenvalue weighted by molar-refractivity contribution is 5.39. The fourth-order valence-corrected chi connectivity index (χ4v) is 1.42. The first-order chi connectivity index (χ1) is 8.74. The lowest BCUT2D eigenvalue weighted by atomic mass is 10.2. The molecule has 0 amide bonds. The van der Waals surface area contributed by atoms with Crippen LogP contribution in [-0.2, 0) is 6.61 Å². The fraction of sp³-hybridized carbons (Fsp3) is 0.250. The highest BCUT2D eigenvalue weighted by atomic mass is 16.5. The molecule has 0 aliphatic carbocycles. The summed E-state index contributed by atoms with van der Waals surface area (Å²) in [4.78, 5) is 0. The third-order valence-corrected chi connectivity index (χ3v) is 2.41. The molecule has 0 saturated heterocycles. The summed E-state index contributed by atoms with van der Waals surface area (Å²) in [5, 5.41) is 0. The van der Waals surface area contributed by atoms with Crippen molar-refractivity contribution in [3.8, 4) is 5.75 Å². The summed E-state index contributed by atoms with van der Waals surface area (Å²) in [6, 6.07) is 15.8. The van der Waals surface area contributed by atoms with Gasteiger partial charge in [0.05, 0.1) is 0 Å². The minimum absolute atomic E-state index is 0.573. The molecular formula is C16H21NO. The zero-order chi connectivity index (χ0) is 13.4. The van der Waals surface area contributed by atoms with Crippen LogP contribution >= 0.6 is 0 Å². The number of nitrogen functional groups attached to an aromatic ring is 1. The monoisotopic (exact) mass is 243 g/mol. The number of hydrogen-bond acceptors (Lipinski definition) is 2. The van der Waals surface area contributed by atoms with E-state index < -0.39 is 0 Å². The number of nitrogens with two attached hydrogens (primary N) is 1. The van der Waals surface area contributed by atoms with Crippen LogP contribution in [0.3, 0.4) is 0 Å². The molecule has 2 aromatic carbocycles. The van der Waals surface area contributed by atoms with Crippen LogP contribution in [0.2, 0.25) is 0 Å². The third-order valence-electron chi connectivity index (χ3n) is 2.41. The largest absolute Gasteiger partial charge is 0.489 e. The number of hydrogen-bond donors (Lipinski definition) is 1. The van der Waals surface area contributed by atoms with Crippen LogP contribution in [0.1, 0.15) is 25.0 Å². The number of anilines is 1. The van der Waals surface area contributed by atoms with Crippen molar-refractivity contribution in [1.82, 2.24) is 0 Å². The first-order valence-corrected chi connectivity index (χ1v) is 6.28. The summed E-state index contributed by atoms with van der Waals surface area (Å²) in [5.74, 6) is 0.891. The van der Waals surface area contributed by atoms with Gasteiger partial charge in [0, 0.05) is 5.69 Å². The van der Waals surface area contributed by atoms with E-state index in [1.54, 1.807) is 0 Å². The van der Waals surface area contributed by atoms with E-state index in [0.717, 1.165) is 17.0 Å². The standard InChI is InChI=1S/C14H15NO.C2H6/c1-11-2-8-14(9-3-11)16-10-12-4-6-13(15)7-5-12;1-2/h2-9H,10,15H2,1H3;1-2H3. The Bertz CT molecular complexity index is 400. The van der Waals surface area contributed by atoms with Crippen molar-refractivity contribution in [2.24, 2.45) is 0 Å². The molecule has 0 bridgehead atoms. The van der Waals surface area contributed by atoms with Gasteiger partial charge >= 0.3 is 0 Å². The van der Waals surface area contributed by atoms with Crippen molar-refractivity contribution in [3.05, 3.63) is 59.7 Å². The molecule has 0 unspecified atom stereocenters. The Kier molecular flexibility index (Phi) is 5.78. The van der Waals surface area contributed by atoms with Crippen molar-refractivity contribution in [2.45, 2.75) is 27.4 Å². The van der Waals surface area contributed by atoms with Crippen LogP contribution in [0.5, 0.6) is 5.75 Å². The van der Waals surface area contributed by atoms with E-state index in [-0.39, 0.29) is 0 Å². The lowest BCUT2D eigenvalue weighted by Crippen LogP contribution is -1.95. The highest BCUT2D eigenvalue weighted by Gasteiger charge is 1.95. The number of benzene rings is 2. The van der Waals surface area contributed by atoms with Crippen molar-refractivity contribution >= 4 is 5.69 Å². The smallest absolute Gasteiger partial charge is 0.119 e. The Balaban J connectivity index is 0.000000771. The summed E-state index contributed by atoms with van der Waals surface area (Å²) in [6.07, 6.45) is 0. The van der Waals surface area contributed by atoms with E-state index in [1.807, 2.05) is 62.4 Å². The van der Waals surface area contributed by atoms with Gasteiger partial charge in [0.15, 0.2) is 0 Å². The van der Waals surface area contributed by atoms with Gasteiger partial charge in [0.25, 0.3) is 0 Å². The van der Waals surface area contributed by atoms with Gasteiger partial charge < -0.3 is 10.5 Å². The van der Waals surface area contributed by atoms with Crippen LogP contribution in [0, 0.1) is 6.92 Å². The Morgan fingerprint density at radius 3 is 2.00 bits per heavy atom. The van der Waals surface area contributed by atoms with Gasteiger partial charge in [-0.25, -0.2) is 0 Å². The quantitative estimate of drug-likeness (QED) is 0.821. The molecule has 2 heteroatoms. The van der Waals surface area contributed by atoms with Crippen LogP contribution < -0.4 is 10.5 Å². The molecule has 0 atom stereocenters. The van der Waals surface area contributed by atoms with Crippen LogP contribution in [0.25, 0.3) is 0 Å². The molecule has 0 fully saturated rings. The van der Waals surface area contributed by atoms with Gasteiger partial charge in [-0.2, -0.15) is 0 Å². The lowest BCUT2D eigenvalue weighted by molar-refractivity contribution is 0.306. The Morgan fingerprint density at radius 1 is 0.889 bits per heavy atom. The van der Waals surface area contributed by atoms with Gasteiger partial charge in [-0.1, -0.05) is 43.7 Å².